The molecule has 1 heterocycles. The van der Waals surface area contributed by atoms with E-state index in [1.165, 1.54) is 5.56 Å². The van der Waals surface area contributed by atoms with Gasteiger partial charge >= 0.3 is 0 Å². The molecule has 0 aromatic heterocycles. The lowest BCUT2D eigenvalue weighted by molar-refractivity contribution is -0.120. The molecule has 1 N–H and O–H groups in total. The summed E-state index contributed by atoms with van der Waals surface area (Å²) in [6.07, 6.45) is 1.81. The van der Waals surface area contributed by atoms with Crippen LogP contribution in [0.3, 0.4) is 0 Å². The Kier molecular flexibility index (Phi) is 5.94. The summed E-state index contributed by atoms with van der Waals surface area (Å²) in [6.45, 7) is 2.79. The van der Waals surface area contributed by atoms with Crippen molar-refractivity contribution >= 4 is 12.1 Å². The number of hydrazone groups is 1. The van der Waals surface area contributed by atoms with Gasteiger partial charge in [0.1, 0.15) is 12.4 Å². The third kappa shape index (κ3) is 5.17. The molecule has 152 valence electrons. The number of nitrogens with one attached hydrogen (secondary N) is 1. The number of hydrogen-bond acceptors (Lipinski definition) is 5. The van der Waals surface area contributed by atoms with Gasteiger partial charge in [0.2, 0.25) is 12.7 Å². The van der Waals surface area contributed by atoms with E-state index in [0.717, 1.165) is 22.4 Å². The minimum absolute atomic E-state index is 0.205. The smallest absolute Gasteiger partial charge is 0.244 e. The molecular weight excluding hydrogens is 380 g/mol. The number of fused-ring (bicyclic) bond motifs is 1. The summed E-state index contributed by atoms with van der Waals surface area (Å²) in [4.78, 5) is 12.1. The van der Waals surface area contributed by atoms with Gasteiger partial charge in [-0.05, 0) is 60.0 Å². The van der Waals surface area contributed by atoms with E-state index in [2.05, 4.69) is 41.7 Å². The number of hydrogen-bond donors (Lipinski definition) is 1. The Morgan fingerprint density at radius 2 is 1.73 bits per heavy atom. The zero-order valence-corrected chi connectivity index (χ0v) is 16.6. The molecule has 0 unspecified atom stereocenters. The van der Waals surface area contributed by atoms with Gasteiger partial charge in [-0.25, -0.2) is 5.43 Å². The second-order valence-corrected chi connectivity index (χ2v) is 7.00. The second-order valence-electron chi connectivity index (χ2n) is 7.00. The summed E-state index contributed by atoms with van der Waals surface area (Å²) in [5, 5.41) is 4.02. The first kappa shape index (κ1) is 19.5. The molecule has 3 aromatic carbocycles. The Bertz CT molecular complexity index is 1040. The van der Waals surface area contributed by atoms with Crippen LogP contribution in [0.15, 0.2) is 71.8 Å². The lowest BCUT2D eigenvalue weighted by Gasteiger charge is -2.07. The van der Waals surface area contributed by atoms with E-state index in [1.54, 1.807) is 18.3 Å². The fourth-order valence-electron chi connectivity index (χ4n) is 2.96. The maximum absolute atomic E-state index is 12.1. The van der Waals surface area contributed by atoms with Gasteiger partial charge in [-0.3, -0.25) is 4.79 Å². The molecule has 0 aliphatic carbocycles. The number of nitrogens with zero attached hydrogens (tertiary/aromatic N) is 1. The van der Waals surface area contributed by atoms with Gasteiger partial charge in [0.25, 0.3) is 0 Å². The van der Waals surface area contributed by atoms with Crippen LogP contribution in [0.5, 0.6) is 17.2 Å². The minimum atomic E-state index is -0.205. The van der Waals surface area contributed by atoms with Gasteiger partial charge in [0.05, 0.1) is 12.6 Å². The molecule has 0 spiro atoms. The molecule has 1 amide bonds. The second kappa shape index (κ2) is 9.13. The van der Waals surface area contributed by atoms with Crippen molar-refractivity contribution in [1.29, 1.82) is 0 Å². The fraction of sp³-hybridized carbons (Fsp3) is 0.167. The molecule has 0 saturated carbocycles. The maximum Gasteiger partial charge on any atom is 0.244 e. The Morgan fingerprint density at radius 1 is 1.00 bits per heavy atom. The Morgan fingerprint density at radius 3 is 2.53 bits per heavy atom. The van der Waals surface area contributed by atoms with Crippen LogP contribution in [-0.2, 0) is 17.8 Å². The van der Waals surface area contributed by atoms with Gasteiger partial charge in [0, 0.05) is 0 Å². The summed E-state index contributed by atoms with van der Waals surface area (Å²) < 4.78 is 16.4. The summed E-state index contributed by atoms with van der Waals surface area (Å²) in [5.74, 6) is 1.93. The highest BCUT2D eigenvalue weighted by Gasteiger charge is 2.14. The van der Waals surface area contributed by atoms with Crippen LogP contribution in [0.25, 0.3) is 0 Å². The molecular formula is C24H22N2O4. The van der Waals surface area contributed by atoms with E-state index >= 15 is 0 Å². The molecule has 4 rings (SSSR count). The summed E-state index contributed by atoms with van der Waals surface area (Å²) in [7, 11) is 0. The topological polar surface area (TPSA) is 69.2 Å². The first-order chi connectivity index (χ1) is 14.7. The largest absolute Gasteiger partial charge is 0.489 e. The summed E-state index contributed by atoms with van der Waals surface area (Å²) in [5.41, 5.74) is 6.59. The highest BCUT2D eigenvalue weighted by atomic mass is 16.7. The molecule has 0 fully saturated rings. The van der Waals surface area contributed by atoms with Gasteiger partial charge in [-0.2, -0.15) is 5.10 Å². The molecule has 0 atom stereocenters. The highest BCUT2D eigenvalue weighted by Crippen LogP contribution is 2.32. The van der Waals surface area contributed by atoms with Crippen molar-refractivity contribution in [2.45, 2.75) is 20.0 Å². The van der Waals surface area contributed by atoms with Crippen molar-refractivity contribution in [2.24, 2.45) is 5.10 Å². The summed E-state index contributed by atoms with van der Waals surface area (Å²) in [6, 6.07) is 21.2. The minimum Gasteiger partial charge on any atom is -0.489 e. The lowest BCUT2D eigenvalue weighted by atomic mass is 10.1. The molecule has 0 saturated heterocycles. The fourth-order valence-corrected chi connectivity index (χ4v) is 2.96. The van der Waals surface area contributed by atoms with Crippen LogP contribution in [0.4, 0.5) is 0 Å². The number of carbonyl (C=O) groups excluding carboxylic acids is 1. The van der Waals surface area contributed by atoms with Gasteiger partial charge < -0.3 is 14.2 Å². The number of benzene rings is 3. The van der Waals surface area contributed by atoms with Gasteiger partial charge in [0.15, 0.2) is 11.5 Å². The normalized spacial score (nSPS) is 12.2. The highest BCUT2D eigenvalue weighted by molar-refractivity contribution is 5.83. The van der Waals surface area contributed by atoms with E-state index in [0.29, 0.717) is 18.1 Å². The van der Waals surface area contributed by atoms with E-state index in [4.69, 9.17) is 14.2 Å². The quantitative estimate of drug-likeness (QED) is 0.479. The van der Waals surface area contributed by atoms with E-state index in [-0.39, 0.29) is 19.1 Å². The van der Waals surface area contributed by atoms with Crippen LogP contribution in [0.1, 0.15) is 22.3 Å². The third-order valence-corrected chi connectivity index (χ3v) is 4.61. The number of ether oxygens (including phenoxy) is 3. The lowest BCUT2D eigenvalue weighted by Crippen LogP contribution is -2.19. The van der Waals surface area contributed by atoms with Crippen LogP contribution in [-0.4, -0.2) is 18.9 Å². The average molecular weight is 402 g/mol. The van der Waals surface area contributed by atoms with Crippen molar-refractivity contribution in [2.75, 3.05) is 6.79 Å². The van der Waals surface area contributed by atoms with Crippen molar-refractivity contribution in [3.63, 3.8) is 0 Å². The van der Waals surface area contributed by atoms with Crippen LogP contribution in [0, 0.1) is 6.92 Å². The van der Waals surface area contributed by atoms with Crippen LogP contribution >= 0.6 is 0 Å². The van der Waals surface area contributed by atoms with E-state index in [9.17, 15) is 4.79 Å². The monoisotopic (exact) mass is 402 g/mol. The first-order valence-electron chi connectivity index (χ1n) is 9.64. The molecule has 6 heteroatoms. The Balaban J connectivity index is 1.24. The SMILES string of the molecule is Cc1ccc(COc2ccc(/C=N\NC(=O)Cc3ccc4c(c3)OCO4)cc2)cc1. The molecule has 6 nitrogen and oxygen atoms in total. The van der Waals surface area contributed by atoms with Crippen molar-refractivity contribution in [3.05, 3.63) is 89.0 Å². The van der Waals surface area contributed by atoms with Crippen LogP contribution in [0.2, 0.25) is 0 Å². The van der Waals surface area contributed by atoms with E-state index < -0.39 is 0 Å². The number of amides is 1. The molecule has 1 aliphatic heterocycles. The van der Waals surface area contributed by atoms with Crippen LogP contribution < -0.4 is 19.6 Å². The van der Waals surface area contributed by atoms with Gasteiger partial charge in [-0.1, -0.05) is 35.9 Å². The van der Waals surface area contributed by atoms with Crippen molar-refractivity contribution in [3.8, 4) is 17.2 Å². The number of carbonyl (C=O) groups is 1. The first-order valence-corrected chi connectivity index (χ1v) is 9.64. The van der Waals surface area contributed by atoms with E-state index in [1.807, 2.05) is 30.3 Å². The zero-order valence-electron chi connectivity index (χ0n) is 16.6. The molecule has 0 bridgehead atoms. The molecule has 1 aliphatic rings. The Hall–Kier alpha value is -3.80. The standard InChI is InChI=1S/C24H22N2O4/c1-17-2-4-19(5-3-17)15-28-21-9-6-18(7-10-21)14-25-26-24(27)13-20-8-11-22-23(12-20)30-16-29-22/h2-12,14H,13,15-16H2,1H3,(H,26,27)/b25-14-. The zero-order chi connectivity index (χ0) is 20.8. The maximum atomic E-state index is 12.1. The number of rotatable bonds is 7. The van der Waals surface area contributed by atoms with Crippen molar-refractivity contribution < 1.29 is 19.0 Å². The Labute approximate surface area is 175 Å². The van der Waals surface area contributed by atoms with Crippen molar-refractivity contribution in [1.82, 2.24) is 5.43 Å². The molecule has 30 heavy (non-hydrogen) atoms. The predicted molar refractivity (Wildman–Crippen MR) is 114 cm³/mol. The molecule has 3 aromatic rings. The predicted octanol–water partition coefficient (Wildman–Crippen LogP) is 4.00. The number of aryl methyl sites for hydroxylation is 1. The van der Waals surface area contributed by atoms with Gasteiger partial charge in [-0.15, -0.1) is 0 Å². The summed E-state index contributed by atoms with van der Waals surface area (Å²) >= 11 is 0. The molecule has 0 radical (unpaired) electrons. The average Bonchev–Trinajstić information content (AvgIpc) is 3.22. The third-order valence-electron chi connectivity index (χ3n) is 4.61.